The molecule has 0 spiro atoms. The molecule has 0 radical (unpaired) electrons. The molecule has 1 amide bonds. The number of anilines is 1. The van der Waals surface area contributed by atoms with Gasteiger partial charge >= 0.3 is 6.18 Å². The van der Waals surface area contributed by atoms with Crippen LogP contribution in [0.4, 0.5) is 19.0 Å². The zero-order valence-electron chi connectivity index (χ0n) is 9.33. The van der Waals surface area contributed by atoms with Crippen LogP contribution in [0.15, 0.2) is 18.3 Å². The van der Waals surface area contributed by atoms with E-state index in [9.17, 15) is 18.0 Å². The summed E-state index contributed by atoms with van der Waals surface area (Å²) in [6.07, 6.45) is -3.11. The molecule has 1 saturated heterocycles. The Bertz CT molecular complexity index is 425. The van der Waals surface area contributed by atoms with Crippen LogP contribution >= 0.6 is 0 Å². The van der Waals surface area contributed by atoms with Crippen LogP contribution in [0.25, 0.3) is 0 Å². The topological polar surface area (TPSA) is 51.2 Å². The Kier molecular flexibility index (Phi) is 3.51. The van der Waals surface area contributed by atoms with Gasteiger partial charge in [-0.3, -0.25) is 4.79 Å². The van der Waals surface area contributed by atoms with Gasteiger partial charge in [0.15, 0.2) is 0 Å². The number of rotatable bonds is 2. The molecule has 0 aromatic carbocycles. The Morgan fingerprint density at radius 1 is 1.44 bits per heavy atom. The van der Waals surface area contributed by atoms with Crippen molar-refractivity contribution in [2.75, 3.05) is 18.5 Å². The van der Waals surface area contributed by atoms with Crippen LogP contribution < -0.4 is 5.32 Å². The molecule has 1 N–H and O–H groups in total. The van der Waals surface area contributed by atoms with E-state index in [-0.39, 0.29) is 17.6 Å². The summed E-state index contributed by atoms with van der Waals surface area (Å²) in [7, 11) is 0. The quantitative estimate of drug-likeness (QED) is 0.885. The minimum atomic E-state index is -4.42. The van der Waals surface area contributed by atoms with E-state index in [0.717, 1.165) is 12.1 Å². The van der Waals surface area contributed by atoms with Gasteiger partial charge in [-0.1, -0.05) is 0 Å². The van der Waals surface area contributed by atoms with Crippen LogP contribution in [0.3, 0.4) is 0 Å². The zero-order chi connectivity index (χ0) is 13.2. The fourth-order valence-corrected chi connectivity index (χ4v) is 1.61. The molecule has 1 atom stereocenters. The van der Waals surface area contributed by atoms with Crippen LogP contribution in [0.5, 0.6) is 0 Å². The van der Waals surface area contributed by atoms with E-state index < -0.39 is 11.7 Å². The highest BCUT2D eigenvalue weighted by Crippen LogP contribution is 2.28. The smallest absolute Gasteiger partial charge is 0.381 e. The van der Waals surface area contributed by atoms with Crippen molar-refractivity contribution in [3.63, 3.8) is 0 Å². The van der Waals surface area contributed by atoms with Gasteiger partial charge in [0.1, 0.15) is 5.82 Å². The minimum Gasteiger partial charge on any atom is -0.381 e. The van der Waals surface area contributed by atoms with Crippen molar-refractivity contribution in [1.82, 2.24) is 4.98 Å². The molecule has 1 aromatic rings. The summed E-state index contributed by atoms with van der Waals surface area (Å²) >= 11 is 0. The fraction of sp³-hybridized carbons (Fsp3) is 0.455. The highest BCUT2D eigenvalue weighted by Gasteiger charge is 2.31. The maximum atomic E-state index is 12.3. The number of ether oxygens (including phenoxy) is 1. The Morgan fingerprint density at radius 3 is 2.72 bits per heavy atom. The lowest BCUT2D eigenvalue weighted by molar-refractivity contribution is -0.137. The maximum Gasteiger partial charge on any atom is 0.417 e. The van der Waals surface area contributed by atoms with Crippen LogP contribution in [0.1, 0.15) is 12.0 Å². The number of hydrogen-bond acceptors (Lipinski definition) is 3. The first-order valence-electron chi connectivity index (χ1n) is 5.38. The van der Waals surface area contributed by atoms with Crippen molar-refractivity contribution in [2.24, 2.45) is 5.92 Å². The third kappa shape index (κ3) is 2.98. The summed E-state index contributed by atoms with van der Waals surface area (Å²) in [5.74, 6) is -0.422. The number of hydrogen-bond donors (Lipinski definition) is 1. The maximum absolute atomic E-state index is 12.3. The number of alkyl halides is 3. The molecule has 1 fully saturated rings. The lowest BCUT2D eigenvalue weighted by Gasteiger charge is -2.10. The van der Waals surface area contributed by atoms with Gasteiger partial charge < -0.3 is 10.1 Å². The molecular weight excluding hydrogens is 249 g/mol. The second-order valence-electron chi connectivity index (χ2n) is 3.98. The van der Waals surface area contributed by atoms with E-state index in [1.165, 1.54) is 0 Å². The molecule has 7 heteroatoms. The SMILES string of the molecule is O=C(Nc1ccc(C(F)(F)F)cn1)C1CCOC1. The average Bonchev–Trinajstić information content (AvgIpc) is 2.82. The molecule has 4 nitrogen and oxygen atoms in total. The summed E-state index contributed by atoms with van der Waals surface area (Å²) in [5, 5.41) is 2.47. The van der Waals surface area contributed by atoms with E-state index in [2.05, 4.69) is 10.3 Å². The largest absolute Gasteiger partial charge is 0.417 e. The van der Waals surface area contributed by atoms with E-state index in [4.69, 9.17) is 4.74 Å². The first-order valence-corrected chi connectivity index (χ1v) is 5.38. The molecule has 1 aromatic heterocycles. The predicted octanol–water partition coefficient (Wildman–Crippen LogP) is 2.08. The first-order chi connectivity index (χ1) is 8.47. The number of nitrogens with one attached hydrogen (secondary N) is 1. The standard InChI is InChI=1S/C11H11F3N2O2/c12-11(13,14)8-1-2-9(15-5-8)16-10(17)7-3-4-18-6-7/h1-2,5,7H,3-4,6H2,(H,15,16,17). The second-order valence-corrected chi connectivity index (χ2v) is 3.98. The molecule has 2 rings (SSSR count). The fourth-order valence-electron chi connectivity index (χ4n) is 1.61. The van der Waals surface area contributed by atoms with E-state index in [1.807, 2.05) is 0 Å². The summed E-state index contributed by atoms with van der Waals surface area (Å²) in [6.45, 7) is 0.866. The van der Waals surface area contributed by atoms with Gasteiger partial charge in [-0.25, -0.2) is 4.98 Å². The number of pyridine rings is 1. The molecule has 1 unspecified atom stereocenters. The van der Waals surface area contributed by atoms with Crippen LogP contribution in [-0.4, -0.2) is 24.1 Å². The average molecular weight is 260 g/mol. The van der Waals surface area contributed by atoms with Crippen LogP contribution in [0.2, 0.25) is 0 Å². The van der Waals surface area contributed by atoms with Crippen molar-refractivity contribution >= 4 is 11.7 Å². The molecular formula is C11H11F3N2O2. The third-order valence-electron chi connectivity index (χ3n) is 2.64. The summed E-state index contributed by atoms with van der Waals surface area (Å²) in [6, 6.07) is 2.02. The van der Waals surface area contributed by atoms with Crippen molar-refractivity contribution < 1.29 is 22.7 Å². The van der Waals surface area contributed by atoms with Crippen molar-refractivity contribution in [3.05, 3.63) is 23.9 Å². The van der Waals surface area contributed by atoms with Gasteiger partial charge in [0.05, 0.1) is 18.1 Å². The Labute approximate surface area is 101 Å². The molecule has 0 bridgehead atoms. The predicted molar refractivity (Wildman–Crippen MR) is 56.8 cm³/mol. The van der Waals surface area contributed by atoms with Crippen molar-refractivity contribution in [1.29, 1.82) is 0 Å². The second kappa shape index (κ2) is 4.93. The van der Waals surface area contributed by atoms with Gasteiger partial charge in [0, 0.05) is 12.8 Å². The molecule has 98 valence electrons. The molecule has 1 aliphatic heterocycles. The van der Waals surface area contributed by atoms with Crippen LogP contribution in [0, 0.1) is 5.92 Å². The zero-order valence-corrected chi connectivity index (χ0v) is 9.33. The summed E-state index contributed by atoms with van der Waals surface area (Å²) in [4.78, 5) is 15.2. The van der Waals surface area contributed by atoms with Gasteiger partial charge in [0.2, 0.25) is 5.91 Å². The number of halogens is 3. The summed E-state index contributed by atoms with van der Waals surface area (Å²) in [5.41, 5.74) is -0.843. The number of amides is 1. The van der Waals surface area contributed by atoms with Crippen molar-refractivity contribution in [3.8, 4) is 0 Å². The molecule has 1 aliphatic rings. The molecule has 2 heterocycles. The van der Waals surface area contributed by atoms with E-state index >= 15 is 0 Å². The van der Waals surface area contributed by atoms with Gasteiger partial charge in [0.25, 0.3) is 0 Å². The molecule has 0 aliphatic carbocycles. The van der Waals surface area contributed by atoms with E-state index in [0.29, 0.717) is 25.8 Å². The van der Waals surface area contributed by atoms with Crippen LogP contribution in [-0.2, 0) is 15.7 Å². The highest BCUT2D eigenvalue weighted by molar-refractivity contribution is 5.91. The Balaban J connectivity index is 2.00. The number of nitrogens with zero attached hydrogens (tertiary/aromatic N) is 1. The minimum absolute atomic E-state index is 0.111. The lowest BCUT2D eigenvalue weighted by atomic mass is 10.1. The first kappa shape index (κ1) is 12.8. The molecule has 0 saturated carbocycles. The summed E-state index contributed by atoms with van der Waals surface area (Å²) < 4.78 is 41.9. The number of carbonyl (C=O) groups is 1. The number of carbonyl (C=O) groups excluding carboxylic acids is 1. The highest BCUT2D eigenvalue weighted by atomic mass is 19.4. The lowest BCUT2D eigenvalue weighted by Crippen LogP contribution is -2.23. The monoisotopic (exact) mass is 260 g/mol. The van der Waals surface area contributed by atoms with Gasteiger partial charge in [-0.05, 0) is 18.6 Å². The van der Waals surface area contributed by atoms with Gasteiger partial charge in [-0.15, -0.1) is 0 Å². The molecule has 18 heavy (non-hydrogen) atoms. The Hall–Kier alpha value is -1.63. The van der Waals surface area contributed by atoms with E-state index in [1.54, 1.807) is 0 Å². The Morgan fingerprint density at radius 2 is 2.22 bits per heavy atom. The third-order valence-corrected chi connectivity index (χ3v) is 2.64. The number of aromatic nitrogens is 1. The normalized spacial score (nSPS) is 19.8. The van der Waals surface area contributed by atoms with Crippen molar-refractivity contribution in [2.45, 2.75) is 12.6 Å². The van der Waals surface area contributed by atoms with Gasteiger partial charge in [-0.2, -0.15) is 13.2 Å².